The summed E-state index contributed by atoms with van der Waals surface area (Å²) in [5.41, 5.74) is 2.69. The number of aryl methyl sites for hydroxylation is 1. The average molecular weight is 609 g/mol. The maximum atomic E-state index is 13.8. The smallest absolute Gasteiger partial charge is 0.303 e. The quantitative estimate of drug-likeness (QED) is 0.253. The van der Waals surface area contributed by atoms with Gasteiger partial charge in [-0.15, -0.1) is 0 Å². The van der Waals surface area contributed by atoms with Crippen LogP contribution in [0.25, 0.3) is 0 Å². The van der Waals surface area contributed by atoms with Crippen molar-refractivity contribution in [1.29, 1.82) is 0 Å². The zero-order valence-corrected chi connectivity index (χ0v) is 25.0. The second kappa shape index (κ2) is 14.0. The number of carbonyl (C=O) groups excluding carboxylic acids is 1. The third-order valence-electron chi connectivity index (χ3n) is 8.37. The van der Waals surface area contributed by atoms with Crippen LogP contribution in [0.5, 0.6) is 11.6 Å². The van der Waals surface area contributed by atoms with Crippen LogP contribution >= 0.6 is 0 Å². The fourth-order valence-electron chi connectivity index (χ4n) is 5.83. The molecule has 1 unspecified atom stereocenters. The number of piperidine rings is 1. The summed E-state index contributed by atoms with van der Waals surface area (Å²) in [5, 5.41) is 9.36. The molecular weight excluding hydrogens is 570 g/mol. The molecule has 1 atom stereocenters. The molecule has 11 heteroatoms. The number of anilines is 2. The Hall–Kier alpha value is -4.28. The molecule has 3 heterocycles. The summed E-state index contributed by atoms with van der Waals surface area (Å²) in [6.07, 6.45) is 4.21. The van der Waals surface area contributed by atoms with E-state index in [0.717, 1.165) is 41.7 Å². The highest BCUT2D eigenvalue weighted by atomic mass is 19.3. The van der Waals surface area contributed by atoms with E-state index in [2.05, 4.69) is 14.9 Å². The second-order valence-electron chi connectivity index (χ2n) is 11.6. The molecule has 1 saturated carbocycles. The van der Waals surface area contributed by atoms with Gasteiger partial charge in [-0.05, 0) is 91.8 Å². The Morgan fingerprint density at radius 1 is 1.05 bits per heavy atom. The van der Waals surface area contributed by atoms with Gasteiger partial charge in [0, 0.05) is 37.6 Å². The van der Waals surface area contributed by atoms with E-state index in [0.29, 0.717) is 48.5 Å². The average Bonchev–Trinajstić information content (AvgIpc) is 3.87. The Balaban J connectivity index is 1.26. The maximum Gasteiger partial charge on any atom is 0.303 e. The van der Waals surface area contributed by atoms with Crippen molar-refractivity contribution in [2.45, 2.75) is 51.4 Å². The predicted octanol–water partition coefficient (Wildman–Crippen LogP) is 5.97. The Morgan fingerprint density at radius 2 is 1.80 bits per heavy atom. The largest absolute Gasteiger partial charge is 0.497 e. The number of carbonyl (C=O) groups is 2. The van der Waals surface area contributed by atoms with Crippen molar-refractivity contribution in [3.05, 3.63) is 71.5 Å². The highest BCUT2D eigenvalue weighted by molar-refractivity contribution is 6.09. The molecule has 1 aliphatic carbocycles. The Morgan fingerprint density at radius 3 is 2.45 bits per heavy atom. The van der Waals surface area contributed by atoms with Gasteiger partial charge < -0.3 is 19.5 Å². The number of rotatable bonds is 13. The topological polar surface area (TPSA) is 105 Å². The van der Waals surface area contributed by atoms with Crippen molar-refractivity contribution in [2.75, 3.05) is 43.2 Å². The van der Waals surface area contributed by atoms with Crippen LogP contribution in [-0.2, 0) is 4.79 Å². The Kier molecular flexibility index (Phi) is 9.92. The number of carboxylic acids is 1. The molecule has 1 aromatic carbocycles. The first kappa shape index (κ1) is 31.2. The molecule has 234 valence electrons. The third-order valence-corrected chi connectivity index (χ3v) is 8.37. The van der Waals surface area contributed by atoms with E-state index in [4.69, 9.17) is 9.47 Å². The zero-order chi connectivity index (χ0) is 31.2. The lowest BCUT2D eigenvalue weighted by Gasteiger charge is -2.35. The Labute approximate surface area is 255 Å². The van der Waals surface area contributed by atoms with Gasteiger partial charge >= 0.3 is 5.97 Å². The maximum absolute atomic E-state index is 13.8. The number of methoxy groups -OCH3 is 1. The fourth-order valence-corrected chi connectivity index (χ4v) is 5.83. The molecule has 2 aromatic heterocycles. The number of aromatic nitrogens is 2. The number of ether oxygens (including phenoxy) is 2. The van der Waals surface area contributed by atoms with Gasteiger partial charge in [-0.1, -0.05) is 0 Å². The van der Waals surface area contributed by atoms with Gasteiger partial charge in [-0.2, -0.15) is 0 Å². The van der Waals surface area contributed by atoms with Crippen molar-refractivity contribution < 1.29 is 33.0 Å². The first-order valence-corrected chi connectivity index (χ1v) is 15.0. The number of nitrogens with zero attached hydrogens (tertiary/aromatic N) is 4. The Bertz CT molecular complexity index is 1460. The van der Waals surface area contributed by atoms with Crippen molar-refractivity contribution >= 4 is 23.4 Å². The molecule has 3 aromatic rings. The second-order valence-corrected chi connectivity index (χ2v) is 11.6. The van der Waals surface area contributed by atoms with Gasteiger partial charge in [0.15, 0.2) is 0 Å². The minimum Gasteiger partial charge on any atom is -0.497 e. The van der Waals surface area contributed by atoms with E-state index in [9.17, 15) is 23.5 Å². The highest BCUT2D eigenvalue weighted by Gasteiger charge is 2.34. The highest BCUT2D eigenvalue weighted by Crippen LogP contribution is 2.45. The van der Waals surface area contributed by atoms with Crippen LogP contribution in [0.1, 0.15) is 59.5 Å². The molecule has 1 amide bonds. The van der Waals surface area contributed by atoms with Crippen molar-refractivity contribution in [1.82, 2.24) is 9.97 Å². The van der Waals surface area contributed by atoms with Gasteiger partial charge in [0.05, 0.1) is 37.9 Å². The number of benzene rings is 1. The number of pyridine rings is 2. The molecule has 2 fully saturated rings. The lowest BCUT2D eigenvalue weighted by molar-refractivity contribution is -0.137. The molecule has 9 nitrogen and oxygen atoms in total. The van der Waals surface area contributed by atoms with Crippen LogP contribution in [0, 0.1) is 18.8 Å². The lowest BCUT2D eigenvalue weighted by Crippen LogP contribution is -2.39. The molecule has 1 N–H and O–H groups in total. The third kappa shape index (κ3) is 7.81. The fraction of sp³-hybridized carbons (Fsp3) is 0.455. The van der Waals surface area contributed by atoms with E-state index in [1.807, 2.05) is 19.1 Å². The van der Waals surface area contributed by atoms with Crippen LogP contribution in [0.2, 0.25) is 0 Å². The summed E-state index contributed by atoms with van der Waals surface area (Å²) in [6.45, 7) is 2.78. The summed E-state index contributed by atoms with van der Waals surface area (Å²) >= 11 is 0. The van der Waals surface area contributed by atoms with Gasteiger partial charge in [0.25, 0.3) is 12.3 Å². The minimum absolute atomic E-state index is 0.0285. The number of hydrogen-bond donors (Lipinski definition) is 1. The van der Waals surface area contributed by atoms with E-state index >= 15 is 0 Å². The molecule has 0 spiro atoms. The van der Waals surface area contributed by atoms with Gasteiger partial charge in [-0.25, -0.2) is 18.7 Å². The number of aliphatic carboxylic acids is 1. The van der Waals surface area contributed by atoms with Crippen molar-refractivity contribution in [3.8, 4) is 11.6 Å². The van der Waals surface area contributed by atoms with Crippen LogP contribution in [-0.4, -0.2) is 66.7 Å². The lowest BCUT2D eigenvalue weighted by atomic mass is 9.92. The van der Waals surface area contributed by atoms with E-state index in [1.54, 1.807) is 43.6 Å². The number of halogens is 2. The molecule has 44 heavy (non-hydrogen) atoms. The monoisotopic (exact) mass is 608 g/mol. The normalized spacial score (nSPS) is 16.1. The minimum atomic E-state index is -2.73. The number of hydrogen-bond acceptors (Lipinski definition) is 7. The van der Waals surface area contributed by atoms with Crippen molar-refractivity contribution in [2.24, 2.45) is 11.8 Å². The van der Waals surface area contributed by atoms with Crippen LogP contribution in [0.4, 0.5) is 20.3 Å². The summed E-state index contributed by atoms with van der Waals surface area (Å²) in [6, 6.07) is 12.2. The summed E-state index contributed by atoms with van der Waals surface area (Å²) < 4.78 is 38.7. The van der Waals surface area contributed by atoms with Gasteiger partial charge in [0.1, 0.15) is 11.6 Å². The van der Waals surface area contributed by atoms with Crippen LogP contribution < -0.4 is 19.3 Å². The summed E-state index contributed by atoms with van der Waals surface area (Å²) in [4.78, 5) is 36.9. The van der Waals surface area contributed by atoms with E-state index in [-0.39, 0.29) is 24.1 Å². The van der Waals surface area contributed by atoms with Crippen molar-refractivity contribution in [3.63, 3.8) is 0 Å². The van der Waals surface area contributed by atoms with E-state index in [1.165, 1.54) is 6.20 Å². The standard InChI is InChI=1S/C33H38F2N4O5/c1-21-7-11-36-30(15-21)39(19-29(34)35)33(42)26-6-5-25(43-2)17-28(26)38-13-9-22(10-14-38)20-44-31-16-24(8-12-37-31)27(18-32(40)41)23-3-4-23/h5-8,11-12,15-17,22-23,27,29H,3-4,9-10,13-14,18-20H2,1-2H3,(H,40,41). The first-order chi connectivity index (χ1) is 21.2. The van der Waals surface area contributed by atoms with Gasteiger partial charge in [-0.3, -0.25) is 14.5 Å². The van der Waals surface area contributed by atoms with Crippen LogP contribution in [0.3, 0.4) is 0 Å². The number of alkyl halides is 2. The van der Waals surface area contributed by atoms with Gasteiger partial charge in [0.2, 0.25) is 5.88 Å². The molecule has 0 bridgehead atoms. The summed E-state index contributed by atoms with van der Waals surface area (Å²) in [7, 11) is 1.54. The number of amides is 1. The number of carboxylic acid groups (broad SMARTS) is 1. The molecular formula is C33H38F2N4O5. The van der Waals surface area contributed by atoms with Crippen LogP contribution in [0.15, 0.2) is 54.9 Å². The molecule has 5 rings (SSSR count). The molecule has 1 saturated heterocycles. The zero-order valence-electron chi connectivity index (χ0n) is 25.0. The predicted molar refractivity (Wildman–Crippen MR) is 162 cm³/mol. The SMILES string of the molecule is COc1ccc(C(=O)N(CC(F)F)c2cc(C)ccn2)c(N2CCC(COc3cc(C(CC(=O)O)C4CC4)ccn3)CC2)c1. The van der Waals surface area contributed by atoms with E-state index < -0.39 is 24.8 Å². The molecule has 2 aliphatic rings. The summed E-state index contributed by atoms with van der Waals surface area (Å²) in [5.74, 6) is 0.490. The molecule has 0 radical (unpaired) electrons. The first-order valence-electron chi connectivity index (χ1n) is 15.0. The molecule has 1 aliphatic heterocycles.